The van der Waals surface area contributed by atoms with Gasteiger partial charge >= 0.3 is 0 Å². The summed E-state index contributed by atoms with van der Waals surface area (Å²) in [5, 5.41) is 6.74. The first-order valence-electron chi connectivity index (χ1n) is 9.35. The number of fused-ring (bicyclic) bond motifs is 1. The van der Waals surface area contributed by atoms with Crippen LogP contribution >= 0.6 is 0 Å². The highest BCUT2D eigenvalue weighted by molar-refractivity contribution is 5.76. The molecular weight excluding hydrogens is 346 g/mol. The maximum absolute atomic E-state index is 12.5. The van der Waals surface area contributed by atoms with Gasteiger partial charge in [-0.15, -0.1) is 0 Å². The lowest BCUT2D eigenvalue weighted by Crippen LogP contribution is -2.29. The first-order valence-corrected chi connectivity index (χ1v) is 9.35. The molecule has 0 aromatic carbocycles. The molecule has 3 aromatic rings. The second kappa shape index (κ2) is 7.02. The van der Waals surface area contributed by atoms with Crippen LogP contribution in [0.2, 0.25) is 0 Å². The number of carbonyl (C=O) groups excluding carboxylic acids is 1. The van der Waals surface area contributed by atoms with Gasteiger partial charge in [-0.3, -0.25) is 14.7 Å². The first-order chi connectivity index (χ1) is 13.1. The third-order valence-electron chi connectivity index (χ3n) is 5.33. The summed E-state index contributed by atoms with van der Waals surface area (Å²) in [6, 6.07) is 3.37. The topological polar surface area (TPSA) is 96.5 Å². The van der Waals surface area contributed by atoms with Gasteiger partial charge in [0.25, 0.3) is 5.56 Å². The van der Waals surface area contributed by atoms with Crippen LogP contribution in [-0.2, 0) is 17.6 Å². The Morgan fingerprint density at radius 1 is 1.44 bits per heavy atom. The van der Waals surface area contributed by atoms with Gasteiger partial charge in [0, 0.05) is 55.2 Å². The van der Waals surface area contributed by atoms with Crippen molar-refractivity contribution in [2.24, 2.45) is 0 Å². The fraction of sp³-hybridized carbons (Fsp3) is 0.474. The molecule has 1 atom stereocenters. The quantitative estimate of drug-likeness (QED) is 0.740. The standard InChI is InChI=1S/C19H23N5O3/c1-3-15-12(2)22-24-18(26)10-16(21-19(15)24)13-7-9-23(11-13)17(25)5-4-14-6-8-20-27-14/h6,8,10,13,22H,3-5,7,9,11H2,1-2H3/t13-/m0/s1. The van der Waals surface area contributed by atoms with Crippen molar-refractivity contribution in [3.8, 4) is 0 Å². The van der Waals surface area contributed by atoms with E-state index >= 15 is 0 Å². The van der Waals surface area contributed by atoms with E-state index in [0.717, 1.165) is 29.8 Å². The van der Waals surface area contributed by atoms with Crippen LogP contribution in [-0.4, -0.2) is 43.7 Å². The van der Waals surface area contributed by atoms with E-state index in [-0.39, 0.29) is 17.4 Å². The van der Waals surface area contributed by atoms with Gasteiger partial charge in [0.05, 0.1) is 11.9 Å². The van der Waals surface area contributed by atoms with E-state index in [2.05, 4.69) is 17.2 Å². The average molecular weight is 369 g/mol. The second-order valence-corrected chi connectivity index (χ2v) is 7.05. The molecule has 4 heterocycles. The van der Waals surface area contributed by atoms with Gasteiger partial charge in [0.1, 0.15) is 5.76 Å². The first kappa shape index (κ1) is 17.5. The molecule has 27 heavy (non-hydrogen) atoms. The summed E-state index contributed by atoms with van der Waals surface area (Å²) in [5.41, 5.74) is 3.40. The van der Waals surface area contributed by atoms with Crippen molar-refractivity contribution in [3.63, 3.8) is 0 Å². The van der Waals surface area contributed by atoms with Gasteiger partial charge in [-0.05, 0) is 19.8 Å². The van der Waals surface area contributed by atoms with Crippen LogP contribution < -0.4 is 5.56 Å². The van der Waals surface area contributed by atoms with E-state index in [0.29, 0.717) is 37.3 Å². The number of H-pyrrole nitrogens is 1. The molecule has 1 N–H and O–H groups in total. The van der Waals surface area contributed by atoms with Crippen LogP contribution in [0.3, 0.4) is 0 Å². The van der Waals surface area contributed by atoms with Crippen LogP contribution in [0, 0.1) is 6.92 Å². The molecule has 142 valence electrons. The lowest BCUT2D eigenvalue weighted by molar-refractivity contribution is -0.130. The number of amides is 1. The van der Waals surface area contributed by atoms with Gasteiger partial charge in [0.15, 0.2) is 5.65 Å². The number of nitrogens with one attached hydrogen (secondary N) is 1. The normalized spacial score (nSPS) is 17.1. The Morgan fingerprint density at radius 2 is 2.30 bits per heavy atom. The Hall–Kier alpha value is -2.90. The van der Waals surface area contributed by atoms with Crippen LogP contribution in [0.25, 0.3) is 5.65 Å². The maximum atomic E-state index is 12.5. The molecule has 1 saturated heterocycles. The zero-order valence-electron chi connectivity index (χ0n) is 15.6. The summed E-state index contributed by atoms with van der Waals surface area (Å²) in [7, 11) is 0. The molecule has 8 nitrogen and oxygen atoms in total. The lowest BCUT2D eigenvalue weighted by atomic mass is 10.0. The highest BCUT2D eigenvalue weighted by Crippen LogP contribution is 2.27. The summed E-state index contributed by atoms with van der Waals surface area (Å²) in [5.74, 6) is 0.907. The fourth-order valence-corrected chi connectivity index (χ4v) is 3.83. The largest absolute Gasteiger partial charge is 0.361 e. The van der Waals surface area contributed by atoms with Crippen LogP contribution in [0.1, 0.15) is 48.4 Å². The third-order valence-corrected chi connectivity index (χ3v) is 5.33. The number of carbonyl (C=O) groups is 1. The van der Waals surface area contributed by atoms with Crippen molar-refractivity contribution < 1.29 is 9.32 Å². The summed E-state index contributed by atoms with van der Waals surface area (Å²) in [4.78, 5) is 31.6. The predicted octanol–water partition coefficient (Wildman–Crippen LogP) is 1.83. The van der Waals surface area contributed by atoms with Gasteiger partial charge < -0.3 is 9.42 Å². The molecule has 0 aliphatic carbocycles. The molecule has 1 fully saturated rings. The number of hydrogen-bond donors (Lipinski definition) is 1. The molecule has 0 saturated carbocycles. The molecule has 0 radical (unpaired) electrons. The zero-order chi connectivity index (χ0) is 19.0. The molecular formula is C19H23N5O3. The molecule has 1 aliphatic rings. The number of aromatic amines is 1. The van der Waals surface area contributed by atoms with Gasteiger partial charge in [-0.1, -0.05) is 12.1 Å². The lowest BCUT2D eigenvalue weighted by Gasteiger charge is -2.16. The number of aryl methyl sites for hydroxylation is 3. The minimum Gasteiger partial charge on any atom is -0.361 e. The minimum absolute atomic E-state index is 0.0943. The molecule has 0 unspecified atom stereocenters. The number of likely N-dealkylation sites (tertiary alicyclic amines) is 1. The van der Waals surface area contributed by atoms with Crippen molar-refractivity contribution in [1.82, 2.24) is 24.7 Å². The van der Waals surface area contributed by atoms with E-state index in [9.17, 15) is 9.59 Å². The van der Waals surface area contributed by atoms with Crippen molar-refractivity contribution >= 4 is 11.6 Å². The van der Waals surface area contributed by atoms with E-state index in [1.807, 2.05) is 11.8 Å². The number of nitrogens with zero attached hydrogens (tertiary/aromatic N) is 4. The number of hydrogen-bond acceptors (Lipinski definition) is 5. The summed E-state index contributed by atoms with van der Waals surface area (Å²) in [6.45, 7) is 5.30. The maximum Gasteiger partial charge on any atom is 0.272 e. The van der Waals surface area contributed by atoms with Crippen molar-refractivity contribution in [1.29, 1.82) is 0 Å². The minimum atomic E-state index is -0.104. The third kappa shape index (κ3) is 3.27. The Balaban J connectivity index is 1.50. The van der Waals surface area contributed by atoms with E-state index in [1.54, 1.807) is 18.3 Å². The Kier molecular flexibility index (Phi) is 4.55. The monoisotopic (exact) mass is 369 g/mol. The average Bonchev–Trinajstić information content (AvgIpc) is 3.39. The number of rotatable bonds is 5. The van der Waals surface area contributed by atoms with E-state index in [4.69, 9.17) is 9.51 Å². The van der Waals surface area contributed by atoms with Gasteiger partial charge in [-0.2, -0.15) is 0 Å². The van der Waals surface area contributed by atoms with Gasteiger partial charge in [0.2, 0.25) is 5.91 Å². The molecule has 8 heteroatoms. The number of aromatic nitrogens is 4. The highest BCUT2D eigenvalue weighted by Gasteiger charge is 2.29. The van der Waals surface area contributed by atoms with Crippen molar-refractivity contribution in [2.75, 3.05) is 13.1 Å². The molecule has 4 rings (SSSR count). The van der Waals surface area contributed by atoms with Crippen LogP contribution in [0.5, 0.6) is 0 Å². The van der Waals surface area contributed by atoms with Crippen molar-refractivity contribution in [2.45, 2.75) is 45.4 Å². The fourth-order valence-electron chi connectivity index (χ4n) is 3.83. The highest BCUT2D eigenvalue weighted by atomic mass is 16.5. The molecule has 0 bridgehead atoms. The Labute approximate surface area is 156 Å². The summed E-state index contributed by atoms with van der Waals surface area (Å²) < 4.78 is 6.55. The van der Waals surface area contributed by atoms with Gasteiger partial charge in [-0.25, -0.2) is 9.50 Å². The Bertz CT molecular complexity index is 1020. The molecule has 3 aromatic heterocycles. The van der Waals surface area contributed by atoms with E-state index in [1.165, 1.54) is 4.52 Å². The second-order valence-electron chi connectivity index (χ2n) is 7.05. The zero-order valence-corrected chi connectivity index (χ0v) is 15.6. The van der Waals surface area contributed by atoms with Crippen LogP contribution in [0.4, 0.5) is 0 Å². The summed E-state index contributed by atoms with van der Waals surface area (Å²) in [6.07, 6.45) is 4.16. The summed E-state index contributed by atoms with van der Waals surface area (Å²) >= 11 is 0. The molecule has 0 spiro atoms. The SMILES string of the molecule is CCc1c(C)[nH]n2c(=O)cc([C@H]3CCN(C(=O)CCc4ccno4)C3)nc12. The predicted molar refractivity (Wildman–Crippen MR) is 98.7 cm³/mol. The van der Waals surface area contributed by atoms with Crippen molar-refractivity contribution in [3.05, 3.63) is 51.4 Å². The molecule has 1 aliphatic heterocycles. The smallest absolute Gasteiger partial charge is 0.272 e. The Morgan fingerprint density at radius 3 is 3.04 bits per heavy atom. The van der Waals surface area contributed by atoms with E-state index < -0.39 is 0 Å². The molecule has 1 amide bonds. The van der Waals surface area contributed by atoms with Crippen LogP contribution in [0.15, 0.2) is 27.6 Å².